The summed E-state index contributed by atoms with van der Waals surface area (Å²) in [5.41, 5.74) is 1.06. The third kappa shape index (κ3) is 3.92. The Morgan fingerprint density at radius 2 is 2.08 bits per heavy atom. The van der Waals surface area contributed by atoms with Gasteiger partial charge in [-0.1, -0.05) is 37.3 Å². The highest BCUT2D eigenvalue weighted by Gasteiger charge is 2.23. The zero-order valence-electron chi connectivity index (χ0n) is 14.0. The molecule has 0 unspecified atom stereocenters. The molecule has 0 amide bonds. The van der Waals surface area contributed by atoms with Crippen molar-refractivity contribution in [3.63, 3.8) is 0 Å². The fourth-order valence-electron chi connectivity index (χ4n) is 2.63. The first-order valence-electron chi connectivity index (χ1n) is 7.94. The van der Waals surface area contributed by atoms with E-state index in [9.17, 15) is 4.79 Å². The van der Waals surface area contributed by atoms with Crippen LogP contribution in [0.5, 0.6) is 0 Å². The smallest absolute Gasteiger partial charge is 0.328 e. The van der Waals surface area contributed by atoms with Gasteiger partial charge in [0, 0.05) is 14.9 Å². The molecule has 0 aliphatic rings. The topological polar surface area (TPSA) is 64.1 Å². The number of nitrogens with zero attached hydrogens (tertiary/aromatic N) is 2. The zero-order valence-corrected chi connectivity index (χ0v) is 16.9. The molecular weight excluding hydrogens is 449 g/mol. The molecule has 0 fully saturated rings. The quantitative estimate of drug-likeness (QED) is 0.438. The van der Waals surface area contributed by atoms with Crippen molar-refractivity contribution in [2.45, 2.75) is 25.8 Å². The summed E-state index contributed by atoms with van der Waals surface area (Å²) in [4.78, 5) is 23.2. The van der Waals surface area contributed by atoms with Crippen molar-refractivity contribution in [1.82, 2.24) is 9.97 Å². The molecular formula is C18H18IN3O2S. The Labute approximate surface area is 164 Å². The first-order valence-corrected chi connectivity index (χ1v) is 9.83. The molecule has 1 atom stereocenters. The molecule has 0 bridgehead atoms. The summed E-state index contributed by atoms with van der Waals surface area (Å²) < 4.78 is 6.13. The number of fused-ring (bicyclic) bond motifs is 1. The average molecular weight is 467 g/mol. The summed E-state index contributed by atoms with van der Waals surface area (Å²) in [5.74, 6) is 0.369. The molecule has 0 radical (unpaired) electrons. The van der Waals surface area contributed by atoms with Gasteiger partial charge in [0.25, 0.3) is 0 Å². The van der Waals surface area contributed by atoms with E-state index in [1.54, 1.807) is 11.3 Å². The van der Waals surface area contributed by atoms with E-state index in [1.165, 1.54) is 18.3 Å². The fraction of sp³-hybridized carbons (Fsp3) is 0.278. The molecule has 3 rings (SSSR count). The van der Waals surface area contributed by atoms with Gasteiger partial charge in [0.15, 0.2) is 0 Å². The van der Waals surface area contributed by atoms with Gasteiger partial charge in [-0.15, -0.1) is 11.3 Å². The number of halogens is 1. The maximum atomic E-state index is 12.3. The van der Waals surface area contributed by atoms with Crippen LogP contribution in [0, 0.1) is 3.57 Å². The van der Waals surface area contributed by atoms with Gasteiger partial charge >= 0.3 is 5.97 Å². The lowest BCUT2D eigenvalue weighted by Gasteiger charge is -2.17. The second-order valence-electron chi connectivity index (χ2n) is 5.51. The third-order valence-corrected chi connectivity index (χ3v) is 6.70. The summed E-state index contributed by atoms with van der Waals surface area (Å²) in [6.07, 6.45) is 3.01. The fourth-order valence-corrected chi connectivity index (χ4v) is 5.01. The van der Waals surface area contributed by atoms with E-state index in [0.717, 1.165) is 25.8 Å². The number of carbonyl (C=O) groups is 1. The number of benzene rings is 1. The van der Waals surface area contributed by atoms with E-state index < -0.39 is 6.04 Å². The molecule has 0 spiro atoms. The van der Waals surface area contributed by atoms with Gasteiger partial charge in [0.1, 0.15) is 23.0 Å². The Morgan fingerprint density at radius 1 is 1.32 bits per heavy atom. The van der Waals surface area contributed by atoms with E-state index in [-0.39, 0.29) is 5.97 Å². The Balaban J connectivity index is 1.95. The molecule has 0 saturated heterocycles. The number of esters is 1. The lowest BCUT2D eigenvalue weighted by molar-refractivity contribution is -0.141. The van der Waals surface area contributed by atoms with Gasteiger partial charge < -0.3 is 10.1 Å². The maximum absolute atomic E-state index is 12.3. The van der Waals surface area contributed by atoms with E-state index in [1.807, 2.05) is 30.3 Å². The van der Waals surface area contributed by atoms with Crippen molar-refractivity contribution in [2.24, 2.45) is 0 Å². The Kier molecular flexibility index (Phi) is 5.85. The Hall–Kier alpha value is -1.74. The maximum Gasteiger partial charge on any atom is 0.328 e. The lowest BCUT2D eigenvalue weighted by Crippen LogP contribution is -2.33. The normalized spacial score (nSPS) is 12.1. The summed E-state index contributed by atoms with van der Waals surface area (Å²) >= 11 is 4.00. The Bertz CT molecular complexity index is 883. The molecule has 1 aromatic carbocycles. The predicted octanol–water partition coefficient (Wildman–Crippen LogP) is 4.05. The molecule has 5 nitrogen and oxygen atoms in total. The van der Waals surface area contributed by atoms with Gasteiger partial charge in [0.2, 0.25) is 0 Å². The molecule has 0 aliphatic heterocycles. The van der Waals surface area contributed by atoms with Gasteiger partial charge in [0.05, 0.1) is 12.5 Å². The second-order valence-corrected chi connectivity index (χ2v) is 7.67. The number of hydrogen-bond donors (Lipinski definition) is 1. The van der Waals surface area contributed by atoms with Crippen LogP contribution < -0.4 is 5.32 Å². The SMILES string of the molecule is CCc1sc2ncnc(N[C@H](Cc3ccccc3)C(=O)OC)c2c1I. The summed E-state index contributed by atoms with van der Waals surface area (Å²) in [5, 5.41) is 4.25. The van der Waals surface area contributed by atoms with Crippen molar-refractivity contribution in [1.29, 1.82) is 0 Å². The third-order valence-electron chi connectivity index (χ3n) is 3.90. The van der Waals surface area contributed by atoms with Crippen LogP contribution in [0.4, 0.5) is 5.82 Å². The molecule has 2 aromatic heterocycles. The first kappa shape index (κ1) is 18.1. The summed E-state index contributed by atoms with van der Waals surface area (Å²) in [7, 11) is 1.40. The number of ether oxygens (including phenoxy) is 1. The number of aromatic nitrogens is 2. The number of aryl methyl sites for hydroxylation is 1. The molecule has 130 valence electrons. The molecule has 0 saturated carbocycles. The number of anilines is 1. The number of carbonyl (C=O) groups excluding carboxylic acids is 1. The molecule has 1 N–H and O–H groups in total. The molecule has 0 aliphatic carbocycles. The van der Waals surface area contributed by atoms with Crippen LogP contribution >= 0.6 is 33.9 Å². The van der Waals surface area contributed by atoms with Gasteiger partial charge in [-0.2, -0.15) is 0 Å². The van der Waals surface area contributed by atoms with Crippen LogP contribution in [0.2, 0.25) is 0 Å². The summed E-state index contributed by atoms with van der Waals surface area (Å²) in [6.45, 7) is 2.13. The highest BCUT2D eigenvalue weighted by atomic mass is 127. The van der Waals surface area contributed by atoms with Crippen LogP contribution in [-0.2, 0) is 22.4 Å². The number of rotatable bonds is 6. The average Bonchev–Trinajstić information content (AvgIpc) is 2.98. The van der Waals surface area contributed by atoms with Crippen LogP contribution in [0.3, 0.4) is 0 Å². The van der Waals surface area contributed by atoms with E-state index in [2.05, 4.69) is 44.8 Å². The van der Waals surface area contributed by atoms with Crippen LogP contribution in [-0.4, -0.2) is 29.1 Å². The second kappa shape index (κ2) is 8.09. The van der Waals surface area contributed by atoms with Crippen LogP contribution in [0.25, 0.3) is 10.2 Å². The number of thiophene rings is 1. The van der Waals surface area contributed by atoms with E-state index >= 15 is 0 Å². The lowest BCUT2D eigenvalue weighted by atomic mass is 10.1. The minimum absolute atomic E-state index is 0.309. The number of hydrogen-bond acceptors (Lipinski definition) is 6. The first-order chi connectivity index (χ1) is 12.1. The van der Waals surface area contributed by atoms with Crippen molar-refractivity contribution >= 4 is 55.9 Å². The van der Waals surface area contributed by atoms with Crippen molar-refractivity contribution < 1.29 is 9.53 Å². The zero-order chi connectivity index (χ0) is 17.8. The minimum atomic E-state index is -0.508. The molecule has 7 heteroatoms. The number of nitrogens with one attached hydrogen (secondary N) is 1. The monoisotopic (exact) mass is 467 g/mol. The van der Waals surface area contributed by atoms with Crippen LogP contribution in [0.1, 0.15) is 17.4 Å². The van der Waals surface area contributed by atoms with Crippen molar-refractivity contribution in [2.75, 3.05) is 12.4 Å². The van der Waals surface area contributed by atoms with E-state index in [4.69, 9.17) is 4.74 Å². The van der Waals surface area contributed by atoms with Gasteiger partial charge in [-0.25, -0.2) is 14.8 Å². The standard InChI is InChI=1S/C18H18IN3O2S/c1-3-13-15(19)14-16(20-10-21-17(14)25-13)22-12(18(23)24-2)9-11-7-5-4-6-8-11/h4-8,10,12H,3,9H2,1-2H3,(H,20,21,22)/t12-/m1/s1. The van der Waals surface area contributed by atoms with E-state index in [0.29, 0.717) is 12.2 Å². The van der Waals surface area contributed by atoms with Crippen molar-refractivity contribution in [3.8, 4) is 0 Å². The minimum Gasteiger partial charge on any atom is -0.467 e. The van der Waals surface area contributed by atoms with Gasteiger partial charge in [-0.3, -0.25) is 0 Å². The van der Waals surface area contributed by atoms with Crippen LogP contribution in [0.15, 0.2) is 36.7 Å². The molecule has 3 aromatic rings. The molecule has 25 heavy (non-hydrogen) atoms. The predicted molar refractivity (Wildman–Crippen MR) is 109 cm³/mol. The molecule has 2 heterocycles. The van der Waals surface area contributed by atoms with Gasteiger partial charge in [-0.05, 0) is 34.6 Å². The highest BCUT2D eigenvalue weighted by molar-refractivity contribution is 14.1. The summed E-state index contributed by atoms with van der Waals surface area (Å²) in [6, 6.07) is 9.36. The largest absolute Gasteiger partial charge is 0.467 e. The van der Waals surface area contributed by atoms with Crippen molar-refractivity contribution in [3.05, 3.63) is 50.7 Å². The Morgan fingerprint density at radius 3 is 2.76 bits per heavy atom. The number of methoxy groups -OCH3 is 1. The highest BCUT2D eigenvalue weighted by Crippen LogP contribution is 2.35.